The van der Waals surface area contributed by atoms with Crippen LogP contribution in [0.25, 0.3) is 0 Å². The molecule has 6 heteroatoms. The summed E-state index contributed by atoms with van der Waals surface area (Å²) in [4.78, 5) is 16.5. The van der Waals surface area contributed by atoms with Crippen molar-refractivity contribution in [2.24, 2.45) is 5.92 Å². The summed E-state index contributed by atoms with van der Waals surface area (Å²) in [5.41, 5.74) is -0.630. The number of rotatable bonds is 7. The Morgan fingerprint density at radius 1 is 1.65 bits per heavy atom. The van der Waals surface area contributed by atoms with Crippen LogP contribution in [-0.4, -0.2) is 35.9 Å². The van der Waals surface area contributed by atoms with Crippen LogP contribution in [0.1, 0.15) is 19.8 Å². The second-order valence-electron chi connectivity index (χ2n) is 4.85. The maximum Gasteiger partial charge on any atom is 0.327 e. The maximum atomic E-state index is 12.3. The molecule has 1 saturated carbocycles. The van der Waals surface area contributed by atoms with Crippen molar-refractivity contribution in [3.8, 4) is 0 Å². The van der Waals surface area contributed by atoms with Gasteiger partial charge in [0.25, 0.3) is 0 Å². The molecule has 1 heterocycles. The zero-order valence-corrected chi connectivity index (χ0v) is 13.3. The van der Waals surface area contributed by atoms with Gasteiger partial charge in [-0.2, -0.15) is 0 Å². The quantitative estimate of drug-likeness (QED) is 0.619. The highest BCUT2D eigenvalue weighted by Gasteiger charge is 2.51. The first kappa shape index (κ1) is 15.6. The van der Waals surface area contributed by atoms with Crippen LogP contribution in [0.2, 0.25) is 5.02 Å². The number of hydrogen-bond donors (Lipinski definition) is 1. The van der Waals surface area contributed by atoms with Crippen molar-refractivity contribution >= 4 is 29.3 Å². The molecule has 1 atom stereocenters. The van der Waals surface area contributed by atoms with E-state index in [2.05, 4.69) is 10.3 Å². The number of methoxy groups -OCH3 is 1. The number of carbonyl (C=O) groups is 1. The minimum Gasteiger partial charge on any atom is -0.468 e. The number of likely N-dealkylation sites (N-methyl/N-ethyl adjacent to an activating group) is 1. The maximum absolute atomic E-state index is 12.3. The van der Waals surface area contributed by atoms with Crippen LogP contribution >= 0.6 is 23.4 Å². The van der Waals surface area contributed by atoms with Crippen molar-refractivity contribution in [1.82, 2.24) is 10.3 Å². The molecule has 4 nitrogen and oxygen atoms in total. The number of nitrogens with zero attached hydrogens (tertiary/aromatic N) is 1. The third-order valence-electron chi connectivity index (χ3n) is 3.48. The molecule has 0 bridgehead atoms. The topological polar surface area (TPSA) is 51.2 Å². The van der Waals surface area contributed by atoms with E-state index in [-0.39, 0.29) is 5.97 Å². The molecule has 0 amide bonds. The Morgan fingerprint density at radius 3 is 2.95 bits per heavy atom. The van der Waals surface area contributed by atoms with Crippen molar-refractivity contribution in [3.05, 3.63) is 23.4 Å². The lowest BCUT2D eigenvalue weighted by Gasteiger charge is -2.31. The van der Waals surface area contributed by atoms with Crippen LogP contribution in [-0.2, 0) is 9.53 Å². The third kappa shape index (κ3) is 3.27. The SMILES string of the molecule is CCNC(CSc1ncccc1Cl)(C(=O)OC)C1CC1. The monoisotopic (exact) mass is 314 g/mol. The van der Waals surface area contributed by atoms with E-state index in [1.807, 2.05) is 6.92 Å². The number of carbonyl (C=O) groups excluding carboxylic acids is 1. The van der Waals surface area contributed by atoms with Gasteiger partial charge in [-0.3, -0.25) is 4.79 Å². The van der Waals surface area contributed by atoms with Crippen molar-refractivity contribution in [2.45, 2.75) is 30.3 Å². The van der Waals surface area contributed by atoms with E-state index in [1.54, 1.807) is 18.3 Å². The number of ether oxygens (including phenoxy) is 1. The molecule has 0 aliphatic heterocycles. The Bertz CT molecular complexity index is 482. The average Bonchev–Trinajstić information content (AvgIpc) is 3.29. The molecule has 110 valence electrons. The highest BCUT2D eigenvalue weighted by molar-refractivity contribution is 7.99. The third-order valence-corrected chi connectivity index (χ3v) is 5.09. The number of nitrogens with one attached hydrogen (secondary N) is 1. The Labute approximate surface area is 128 Å². The molecular weight excluding hydrogens is 296 g/mol. The lowest BCUT2D eigenvalue weighted by molar-refractivity contribution is -0.148. The Balaban J connectivity index is 2.15. The lowest BCUT2D eigenvalue weighted by Crippen LogP contribution is -2.56. The van der Waals surface area contributed by atoms with Crippen molar-refractivity contribution in [1.29, 1.82) is 0 Å². The highest BCUT2D eigenvalue weighted by Crippen LogP contribution is 2.43. The van der Waals surface area contributed by atoms with Crippen LogP contribution in [0.5, 0.6) is 0 Å². The van der Waals surface area contributed by atoms with Gasteiger partial charge in [-0.1, -0.05) is 18.5 Å². The predicted molar refractivity (Wildman–Crippen MR) is 81.1 cm³/mol. The van der Waals surface area contributed by atoms with Crippen LogP contribution in [0.4, 0.5) is 0 Å². The minimum absolute atomic E-state index is 0.193. The first-order valence-corrected chi connectivity index (χ1v) is 8.07. The first-order valence-electron chi connectivity index (χ1n) is 6.70. The van der Waals surface area contributed by atoms with E-state index in [0.717, 1.165) is 24.4 Å². The van der Waals surface area contributed by atoms with Crippen LogP contribution < -0.4 is 5.32 Å². The number of pyridine rings is 1. The highest BCUT2D eigenvalue weighted by atomic mass is 35.5. The molecule has 0 spiro atoms. The zero-order valence-electron chi connectivity index (χ0n) is 11.7. The normalized spacial score (nSPS) is 17.6. The second-order valence-corrected chi connectivity index (χ2v) is 6.22. The molecule has 1 unspecified atom stereocenters. The first-order chi connectivity index (χ1) is 9.64. The van der Waals surface area contributed by atoms with Gasteiger partial charge in [-0.05, 0) is 37.4 Å². The molecule has 1 aromatic rings. The van der Waals surface area contributed by atoms with Gasteiger partial charge in [-0.15, -0.1) is 11.8 Å². The molecule has 20 heavy (non-hydrogen) atoms. The summed E-state index contributed by atoms with van der Waals surface area (Å²) < 4.78 is 5.02. The lowest BCUT2D eigenvalue weighted by atomic mass is 9.95. The van der Waals surface area contributed by atoms with Gasteiger partial charge in [0.2, 0.25) is 0 Å². The second kappa shape index (κ2) is 6.78. The summed E-state index contributed by atoms with van der Waals surface area (Å²) in [6, 6.07) is 3.60. The molecule has 1 aliphatic carbocycles. The van der Waals surface area contributed by atoms with E-state index in [1.165, 1.54) is 18.9 Å². The van der Waals surface area contributed by atoms with Gasteiger partial charge >= 0.3 is 5.97 Å². The van der Waals surface area contributed by atoms with E-state index >= 15 is 0 Å². The average molecular weight is 315 g/mol. The summed E-state index contributed by atoms with van der Waals surface area (Å²) in [7, 11) is 1.44. The number of aromatic nitrogens is 1. The summed E-state index contributed by atoms with van der Waals surface area (Å²) in [5, 5.41) is 4.70. The summed E-state index contributed by atoms with van der Waals surface area (Å²) in [5.74, 6) is 0.723. The molecule has 1 fully saturated rings. The van der Waals surface area contributed by atoms with Gasteiger partial charge < -0.3 is 10.1 Å². The largest absolute Gasteiger partial charge is 0.468 e. The molecule has 0 saturated heterocycles. The van der Waals surface area contributed by atoms with E-state index in [0.29, 0.717) is 16.7 Å². The summed E-state index contributed by atoms with van der Waals surface area (Å²) >= 11 is 7.62. The van der Waals surface area contributed by atoms with Crippen LogP contribution in [0, 0.1) is 5.92 Å². The molecule has 0 aromatic carbocycles. The Hall–Kier alpha value is -0.780. The van der Waals surface area contributed by atoms with Gasteiger partial charge in [0.1, 0.15) is 10.6 Å². The number of esters is 1. The number of thioether (sulfide) groups is 1. The van der Waals surface area contributed by atoms with Crippen LogP contribution in [0.15, 0.2) is 23.4 Å². The Kier molecular flexibility index (Phi) is 5.29. The fourth-order valence-corrected chi connectivity index (χ4v) is 3.79. The van der Waals surface area contributed by atoms with E-state index in [4.69, 9.17) is 16.3 Å². The van der Waals surface area contributed by atoms with Gasteiger partial charge in [-0.25, -0.2) is 4.98 Å². The minimum atomic E-state index is -0.630. The molecule has 0 radical (unpaired) electrons. The van der Waals surface area contributed by atoms with Crippen molar-refractivity contribution in [3.63, 3.8) is 0 Å². The van der Waals surface area contributed by atoms with Gasteiger partial charge in [0, 0.05) is 11.9 Å². The van der Waals surface area contributed by atoms with E-state index < -0.39 is 5.54 Å². The fourth-order valence-electron chi connectivity index (χ4n) is 2.34. The summed E-state index contributed by atoms with van der Waals surface area (Å²) in [6.07, 6.45) is 3.82. The predicted octanol–water partition coefficient (Wildman–Crippen LogP) is 2.76. The zero-order chi connectivity index (χ0) is 14.6. The van der Waals surface area contributed by atoms with Crippen molar-refractivity contribution < 1.29 is 9.53 Å². The molecule has 1 N–H and O–H groups in total. The summed E-state index contributed by atoms with van der Waals surface area (Å²) in [6.45, 7) is 2.72. The molecular formula is C14H19ClN2O2S. The molecule has 1 aromatic heterocycles. The number of halogens is 1. The van der Waals surface area contributed by atoms with E-state index in [9.17, 15) is 4.79 Å². The standard InChI is InChI=1S/C14H19ClN2O2S/c1-3-17-14(10-6-7-10,13(18)19-2)9-20-12-11(15)5-4-8-16-12/h4-5,8,10,17H,3,6-7,9H2,1-2H3. The fraction of sp³-hybridized carbons (Fsp3) is 0.571. The van der Waals surface area contributed by atoms with Gasteiger partial charge in [0.15, 0.2) is 0 Å². The van der Waals surface area contributed by atoms with Gasteiger partial charge in [0.05, 0.1) is 12.1 Å². The number of hydrogen-bond acceptors (Lipinski definition) is 5. The van der Waals surface area contributed by atoms with Crippen molar-refractivity contribution in [2.75, 3.05) is 19.4 Å². The smallest absolute Gasteiger partial charge is 0.327 e. The molecule has 1 aliphatic rings. The molecule has 2 rings (SSSR count). The van der Waals surface area contributed by atoms with Crippen LogP contribution in [0.3, 0.4) is 0 Å². The Morgan fingerprint density at radius 2 is 2.40 bits per heavy atom.